The molecule has 10 nitrogen and oxygen atoms in total. The number of ether oxygens (including phenoxy) is 1. The molecule has 2 aromatic heterocycles. The maximum atomic E-state index is 12.7. The lowest BCUT2D eigenvalue weighted by Crippen LogP contribution is -2.48. The number of hydrogen-bond donors (Lipinski definition) is 2. The number of amides is 1. The molecule has 10 heteroatoms. The zero-order chi connectivity index (χ0) is 33.6. The zero-order valence-corrected chi connectivity index (χ0v) is 29.6. The molecule has 2 fully saturated rings. The normalized spacial score (nSPS) is 18.9. The van der Waals surface area contributed by atoms with E-state index in [1.807, 2.05) is 4.90 Å². The summed E-state index contributed by atoms with van der Waals surface area (Å²) in [5, 5.41) is 8.34. The van der Waals surface area contributed by atoms with Crippen LogP contribution in [0, 0.1) is 19.8 Å². The van der Waals surface area contributed by atoms with Crippen LogP contribution in [-0.2, 0) is 17.6 Å². The van der Waals surface area contributed by atoms with Gasteiger partial charge in [-0.2, -0.15) is 5.10 Å². The number of piperazine rings is 1. The number of methoxy groups -OCH3 is 1. The molecule has 48 heavy (non-hydrogen) atoms. The minimum Gasteiger partial charge on any atom is -0.496 e. The number of nitrogens with two attached hydrogens (primary N) is 1. The molecule has 3 aliphatic heterocycles. The molecule has 1 aromatic carbocycles. The van der Waals surface area contributed by atoms with Gasteiger partial charge in [-0.25, -0.2) is 9.67 Å². The van der Waals surface area contributed by atoms with Gasteiger partial charge in [0, 0.05) is 80.9 Å². The molecule has 3 aliphatic rings. The largest absolute Gasteiger partial charge is 0.496 e. The van der Waals surface area contributed by atoms with Crippen LogP contribution in [0.1, 0.15) is 79.6 Å². The number of benzene rings is 1. The van der Waals surface area contributed by atoms with Gasteiger partial charge in [-0.15, -0.1) is 0 Å². The van der Waals surface area contributed by atoms with Crippen molar-refractivity contribution < 1.29 is 9.53 Å². The van der Waals surface area contributed by atoms with Gasteiger partial charge in [0.05, 0.1) is 18.5 Å². The standard InChI is InChI=1S/C38H56N8O2/c1-5-30(26-43-15-12-29(25-43)10-11-32-23-36(48-4)35-8-7-14-40-38(35)41-32)31-21-33(24-34(22-31)46-28(3)20-27(2)42-46)44-16-18-45(19-17-44)37(47)9-6-13-39/h20-24,29-30H,5-19,25-26,39H2,1-4H3,(H,40,41). The van der Waals surface area contributed by atoms with E-state index < -0.39 is 0 Å². The first kappa shape index (κ1) is 34.2. The summed E-state index contributed by atoms with van der Waals surface area (Å²) in [6.45, 7) is 14.6. The van der Waals surface area contributed by atoms with Gasteiger partial charge in [0.2, 0.25) is 5.91 Å². The first-order valence-corrected chi connectivity index (χ1v) is 18.3. The molecule has 0 bridgehead atoms. The number of aromatic nitrogens is 3. The summed E-state index contributed by atoms with van der Waals surface area (Å²) < 4.78 is 7.83. The van der Waals surface area contributed by atoms with Gasteiger partial charge < -0.3 is 30.5 Å². The van der Waals surface area contributed by atoms with E-state index in [1.54, 1.807) is 7.11 Å². The van der Waals surface area contributed by atoms with Crippen LogP contribution in [0.3, 0.4) is 0 Å². The summed E-state index contributed by atoms with van der Waals surface area (Å²) in [5.41, 5.74) is 13.9. The van der Waals surface area contributed by atoms with E-state index in [-0.39, 0.29) is 5.91 Å². The molecule has 0 saturated carbocycles. The summed E-state index contributed by atoms with van der Waals surface area (Å²) in [4.78, 5) is 24.8. The van der Waals surface area contributed by atoms with Crippen molar-refractivity contribution in [3.05, 3.63) is 58.5 Å². The first-order valence-electron chi connectivity index (χ1n) is 18.3. The van der Waals surface area contributed by atoms with Crippen molar-refractivity contribution in [1.82, 2.24) is 24.6 Å². The minimum absolute atomic E-state index is 0.225. The molecule has 0 radical (unpaired) electrons. The predicted molar refractivity (Wildman–Crippen MR) is 194 cm³/mol. The Morgan fingerprint density at radius 3 is 2.62 bits per heavy atom. The summed E-state index contributed by atoms with van der Waals surface area (Å²) in [5.74, 6) is 3.34. The number of anilines is 2. The molecule has 260 valence electrons. The third-order valence-electron chi connectivity index (χ3n) is 10.6. The van der Waals surface area contributed by atoms with Crippen molar-refractivity contribution >= 4 is 17.4 Å². The maximum absolute atomic E-state index is 12.7. The molecule has 2 unspecified atom stereocenters. The van der Waals surface area contributed by atoms with E-state index in [0.29, 0.717) is 24.8 Å². The van der Waals surface area contributed by atoms with Crippen molar-refractivity contribution in [1.29, 1.82) is 0 Å². The lowest BCUT2D eigenvalue weighted by Gasteiger charge is -2.37. The number of pyridine rings is 1. The summed E-state index contributed by atoms with van der Waals surface area (Å²) in [6, 6.07) is 11.4. The number of likely N-dealkylation sites (tertiary alicyclic amines) is 1. The summed E-state index contributed by atoms with van der Waals surface area (Å²) in [6.07, 6.45) is 7.92. The van der Waals surface area contributed by atoms with Crippen LogP contribution in [0.4, 0.5) is 11.5 Å². The predicted octanol–water partition coefficient (Wildman–Crippen LogP) is 5.09. The van der Waals surface area contributed by atoms with Crippen LogP contribution >= 0.6 is 0 Å². The molecule has 0 spiro atoms. The molecule has 3 aromatic rings. The van der Waals surface area contributed by atoms with Gasteiger partial charge in [-0.05, 0) is 114 Å². The monoisotopic (exact) mass is 656 g/mol. The summed E-state index contributed by atoms with van der Waals surface area (Å²) >= 11 is 0. The quantitative estimate of drug-likeness (QED) is 0.262. The Morgan fingerprint density at radius 2 is 1.90 bits per heavy atom. The van der Waals surface area contributed by atoms with Crippen molar-refractivity contribution in [2.45, 2.75) is 78.1 Å². The number of nitrogens with one attached hydrogen (secondary N) is 1. The molecule has 1 amide bonds. The van der Waals surface area contributed by atoms with Crippen molar-refractivity contribution in [3.8, 4) is 11.4 Å². The average molecular weight is 657 g/mol. The number of carbonyl (C=O) groups excluding carboxylic acids is 1. The Labute approximate surface area is 287 Å². The smallest absolute Gasteiger partial charge is 0.222 e. The molecule has 2 saturated heterocycles. The molecule has 0 aliphatic carbocycles. The van der Waals surface area contributed by atoms with Crippen LogP contribution in [0.5, 0.6) is 5.75 Å². The molecular weight excluding hydrogens is 600 g/mol. The van der Waals surface area contributed by atoms with Gasteiger partial charge in [-0.3, -0.25) is 4.79 Å². The fourth-order valence-corrected chi connectivity index (χ4v) is 7.89. The maximum Gasteiger partial charge on any atom is 0.222 e. The van der Waals surface area contributed by atoms with Crippen LogP contribution in [0.25, 0.3) is 5.69 Å². The van der Waals surface area contributed by atoms with E-state index >= 15 is 0 Å². The van der Waals surface area contributed by atoms with Gasteiger partial charge in [0.1, 0.15) is 11.6 Å². The lowest BCUT2D eigenvalue weighted by molar-refractivity contribution is -0.131. The van der Waals surface area contributed by atoms with Gasteiger partial charge in [0.25, 0.3) is 0 Å². The second kappa shape index (κ2) is 15.7. The van der Waals surface area contributed by atoms with Gasteiger partial charge in [0.15, 0.2) is 0 Å². The summed E-state index contributed by atoms with van der Waals surface area (Å²) in [7, 11) is 1.77. The van der Waals surface area contributed by atoms with Gasteiger partial charge >= 0.3 is 0 Å². The fraction of sp³-hybridized carbons (Fsp3) is 0.605. The van der Waals surface area contributed by atoms with Gasteiger partial charge in [-0.1, -0.05) is 6.92 Å². The Hall–Kier alpha value is -3.63. The number of hydrogen-bond acceptors (Lipinski definition) is 8. The SMILES string of the molecule is CCC(CN1CCC(CCc2cc(OC)c3c(n2)NCCC3)C1)c1cc(N2CCN(C(=O)CCCN)CC2)cc(-n2nc(C)cc2C)c1. The Kier molecular flexibility index (Phi) is 11.2. The third-order valence-corrected chi connectivity index (χ3v) is 10.6. The first-order chi connectivity index (χ1) is 23.3. The molecular formula is C38H56N8O2. The second-order valence-electron chi connectivity index (χ2n) is 14.1. The highest BCUT2D eigenvalue weighted by Gasteiger charge is 2.27. The van der Waals surface area contributed by atoms with E-state index in [0.717, 1.165) is 125 Å². The number of fused-ring (bicyclic) bond motifs is 1. The average Bonchev–Trinajstić information content (AvgIpc) is 3.72. The second-order valence-corrected chi connectivity index (χ2v) is 14.1. The third kappa shape index (κ3) is 7.97. The highest BCUT2D eigenvalue weighted by Crippen LogP contribution is 2.34. The molecule has 2 atom stereocenters. The molecule has 6 rings (SSSR count). The van der Waals surface area contributed by atoms with Crippen molar-refractivity contribution in [2.75, 3.05) is 76.2 Å². The highest BCUT2D eigenvalue weighted by atomic mass is 16.5. The van der Waals surface area contributed by atoms with Crippen LogP contribution in [-0.4, -0.2) is 96.5 Å². The van der Waals surface area contributed by atoms with Crippen LogP contribution in [0.15, 0.2) is 30.3 Å². The Bertz CT molecular complexity index is 1530. The lowest BCUT2D eigenvalue weighted by atomic mass is 9.94. The zero-order valence-electron chi connectivity index (χ0n) is 29.6. The Balaban J connectivity index is 1.13. The fourth-order valence-electron chi connectivity index (χ4n) is 7.89. The highest BCUT2D eigenvalue weighted by molar-refractivity contribution is 5.76. The van der Waals surface area contributed by atoms with E-state index in [1.165, 1.54) is 23.2 Å². The number of aryl methyl sites for hydroxylation is 3. The Morgan fingerprint density at radius 1 is 1.08 bits per heavy atom. The van der Waals surface area contributed by atoms with E-state index in [2.05, 4.69) is 70.9 Å². The number of rotatable bonds is 13. The number of nitrogens with zero attached hydrogens (tertiary/aromatic N) is 6. The van der Waals surface area contributed by atoms with Crippen molar-refractivity contribution in [3.63, 3.8) is 0 Å². The van der Waals surface area contributed by atoms with Crippen LogP contribution < -0.4 is 20.7 Å². The van der Waals surface area contributed by atoms with E-state index in [4.69, 9.17) is 20.6 Å². The minimum atomic E-state index is 0.225. The van der Waals surface area contributed by atoms with E-state index in [9.17, 15) is 4.79 Å². The van der Waals surface area contributed by atoms with Crippen LogP contribution in [0.2, 0.25) is 0 Å². The molecule has 5 heterocycles. The number of carbonyl (C=O) groups is 1. The molecule has 3 N–H and O–H groups in total. The topological polar surface area (TPSA) is 105 Å². The van der Waals surface area contributed by atoms with Crippen molar-refractivity contribution in [2.24, 2.45) is 11.7 Å².